The number of aromatic nitrogens is 1. The lowest BCUT2D eigenvalue weighted by molar-refractivity contribution is -0.118. The van der Waals surface area contributed by atoms with E-state index in [0.29, 0.717) is 10.8 Å². The molecule has 4 nitrogen and oxygen atoms in total. The number of anilines is 2. The van der Waals surface area contributed by atoms with Crippen LogP contribution in [0.5, 0.6) is 0 Å². The number of fused-ring (bicyclic) bond motifs is 2. The van der Waals surface area contributed by atoms with Crippen LogP contribution in [0.25, 0.3) is 10.2 Å². The third-order valence-corrected chi connectivity index (χ3v) is 4.75. The second-order valence-corrected chi connectivity index (χ2v) is 6.22. The number of carbonyl (C=O) groups is 1. The predicted molar refractivity (Wildman–Crippen MR) is 85.5 cm³/mol. The van der Waals surface area contributed by atoms with Crippen molar-refractivity contribution in [2.75, 3.05) is 11.1 Å². The zero-order valence-electron chi connectivity index (χ0n) is 11.2. The summed E-state index contributed by atoms with van der Waals surface area (Å²) in [5.41, 5.74) is 9.71. The van der Waals surface area contributed by atoms with Crippen molar-refractivity contribution >= 4 is 38.3 Å². The molecule has 2 aromatic carbocycles. The lowest BCUT2D eigenvalue weighted by Gasteiger charge is -2.28. The SMILES string of the molecule is Nc1ccc2nc(NC(=O)C3Cc4ccccc43)sc2c1. The standard InChI is InChI=1S/C16H13N3OS/c17-10-5-6-13-14(8-10)21-16(18-13)19-15(20)12-7-9-3-1-2-4-11(9)12/h1-6,8,12H,7,17H2,(H,18,19,20). The fourth-order valence-electron chi connectivity index (χ4n) is 2.68. The smallest absolute Gasteiger partial charge is 0.234 e. The van der Waals surface area contributed by atoms with Gasteiger partial charge >= 0.3 is 0 Å². The van der Waals surface area contributed by atoms with E-state index in [9.17, 15) is 4.79 Å². The first-order valence-corrected chi connectivity index (χ1v) is 7.57. The molecule has 5 heteroatoms. The van der Waals surface area contributed by atoms with Crippen molar-refractivity contribution in [1.29, 1.82) is 0 Å². The van der Waals surface area contributed by atoms with Gasteiger partial charge in [0.2, 0.25) is 5.91 Å². The summed E-state index contributed by atoms with van der Waals surface area (Å²) in [5.74, 6) is -0.0426. The number of nitrogens with one attached hydrogen (secondary N) is 1. The van der Waals surface area contributed by atoms with Gasteiger partial charge in [0, 0.05) is 5.69 Å². The van der Waals surface area contributed by atoms with Crippen molar-refractivity contribution in [1.82, 2.24) is 4.98 Å². The zero-order valence-corrected chi connectivity index (χ0v) is 12.0. The van der Waals surface area contributed by atoms with E-state index in [2.05, 4.69) is 16.4 Å². The van der Waals surface area contributed by atoms with Crippen molar-refractivity contribution in [3.05, 3.63) is 53.6 Å². The molecule has 1 atom stereocenters. The van der Waals surface area contributed by atoms with Gasteiger partial charge in [-0.2, -0.15) is 0 Å². The highest BCUT2D eigenvalue weighted by Gasteiger charge is 2.32. The minimum absolute atomic E-state index is 0.0146. The molecule has 1 heterocycles. The van der Waals surface area contributed by atoms with Gasteiger partial charge in [-0.05, 0) is 35.7 Å². The first-order valence-electron chi connectivity index (χ1n) is 6.75. The molecule has 3 N–H and O–H groups in total. The van der Waals surface area contributed by atoms with Gasteiger partial charge in [-0.15, -0.1) is 0 Å². The minimum atomic E-state index is -0.0571. The van der Waals surface area contributed by atoms with Crippen molar-refractivity contribution in [3.63, 3.8) is 0 Å². The number of hydrogen-bond acceptors (Lipinski definition) is 4. The number of nitrogens with two attached hydrogens (primary N) is 1. The third kappa shape index (κ3) is 2.06. The van der Waals surface area contributed by atoms with Gasteiger partial charge < -0.3 is 11.1 Å². The van der Waals surface area contributed by atoms with Crippen LogP contribution in [0.2, 0.25) is 0 Å². The number of nitrogens with zero attached hydrogens (tertiary/aromatic N) is 1. The Kier molecular flexibility index (Phi) is 2.68. The van der Waals surface area contributed by atoms with E-state index in [1.807, 2.05) is 36.4 Å². The Hall–Kier alpha value is -2.40. The Morgan fingerprint density at radius 2 is 2.14 bits per heavy atom. The van der Waals surface area contributed by atoms with E-state index in [1.165, 1.54) is 16.9 Å². The number of hydrogen-bond donors (Lipinski definition) is 2. The zero-order chi connectivity index (χ0) is 14.4. The van der Waals surface area contributed by atoms with Gasteiger partial charge in [-0.3, -0.25) is 4.79 Å². The minimum Gasteiger partial charge on any atom is -0.399 e. The Bertz CT molecular complexity index is 856. The highest BCUT2D eigenvalue weighted by molar-refractivity contribution is 7.22. The second-order valence-electron chi connectivity index (χ2n) is 5.19. The molecule has 1 aliphatic carbocycles. The largest absolute Gasteiger partial charge is 0.399 e. The van der Waals surface area contributed by atoms with E-state index < -0.39 is 0 Å². The maximum absolute atomic E-state index is 12.3. The van der Waals surface area contributed by atoms with Crippen LogP contribution < -0.4 is 11.1 Å². The number of benzene rings is 2. The van der Waals surface area contributed by atoms with Gasteiger partial charge in [0.05, 0.1) is 16.1 Å². The van der Waals surface area contributed by atoms with E-state index in [-0.39, 0.29) is 11.8 Å². The Labute approximate surface area is 125 Å². The summed E-state index contributed by atoms with van der Waals surface area (Å²) in [4.78, 5) is 16.8. The van der Waals surface area contributed by atoms with Crippen molar-refractivity contribution < 1.29 is 4.79 Å². The molecule has 0 fully saturated rings. The summed E-state index contributed by atoms with van der Waals surface area (Å²) in [5, 5.41) is 3.55. The van der Waals surface area contributed by atoms with E-state index in [1.54, 1.807) is 0 Å². The van der Waals surface area contributed by atoms with Gasteiger partial charge in [0.25, 0.3) is 0 Å². The maximum Gasteiger partial charge on any atom is 0.234 e. The number of thiazole rings is 1. The van der Waals surface area contributed by atoms with Crippen LogP contribution in [-0.2, 0) is 11.2 Å². The predicted octanol–water partition coefficient (Wildman–Crippen LogP) is 3.16. The highest BCUT2D eigenvalue weighted by atomic mass is 32.1. The average molecular weight is 295 g/mol. The van der Waals surface area contributed by atoms with Crippen LogP contribution in [0, 0.1) is 0 Å². The summed E-state index contributed by atoms with van der Waals surface area (Å²) in [6.45, 7) is 0. The fourth-order valence-corrected chi connectivity index (χ4v) is 3.60. The van der Waals surface area contributed by atoms with Crippen LogP contribution in [0.3, 0.4) is 0 Å². The van der Waals surface area contributed by atoms with Crippen LogP contribution in [0.1, 0.15) is 17.0 Å². The first kappa shape index (κ1) is 12.3. The van der Waals surface area contributed by atoms with E-state index >= 15 is 0 Å². The van der Waals surface area contributed by atoms with Crippen molar-refractivity contribution in [3.8, 4) is 0 Å². The summed E-state index contributed by atoms with van der Waals surface area (Å²) in [7, 11) is 0. The average Bonchev–Trinajstić information content (AvgIpc) is 2.81. The lowest BCUT2D eigenvalue weighted by atomic mass is 9.77. The molecule has 1 aromatic heterocycles. The van der Waals surface area contributed by atoms with Crippen LogP contribution in [0.4, 0.5) is 10.8 Å². The first-order chi connectivity index (χ1) is 10.2. The van der Waals surface area contributed by atoms with Gasteiger partial charge in [0.1, 0.15) is 0 Å². The summed E-state index contributed by atoms with van der Waals surface area (Å²) >= 11 is 1.45. The molecular formula is C16H13N3OS. The Balaban J connectivity index is 1.57. The molecule has 4 rings (SSSR count). The maximum atomic E-state index is 12.3. The molecular weight excluding hydrogens is 282 g/mol. The summed E-state index contributed by atoms with van der Waals surface area (Å²) in [6, 6.07) is 13.6. The van der Waals surface area contributed by atoms with Gasteiger partial charge in [-0.25, -0.2) is 4.98 Å². The van der Waals surface area contributed by atoms with Crippen LogP contribution in [-0.4, -0.2) is 10.9 Å². The molecule has 0 bridgehead atoms. The van der Waals surface area contributed by atoms with Gasteiger partial charge in [-0.1, -0.05) is 35.6 Å². The second kappa shape index (κ2) is 4.56. The molecule has 0 radical (unpaired) electrons. The van der Waals surface area contributed by atoms with Gasteiger partial charge in [0.15, 0.2) is 5.13 Å². The molecule has 1 amide bonds. The Morgan fingerprint density at radius 1 is 1.29 bits per heavy atom. The molecule has 104 valence electrons. The van der Waals surface area contributed by atoms with Crippen LogP contribution >= 0.6 is 11.3 Å². The molecule has 1 unspecified atom stereocenters. The van der Waals surface area contributed by atoms with Crippen LogP contribution in [0.15, 0.2) is 42.5 Å². The quantitative estimate of drug-likeness (QED) is 0.714. The molecule has 0 saturated heterocycles. The lowest BCUT2D eigenvalue weighted by Crippen LogP contribution is -2.30. The monoisotopic (exact) mass is 295 g/mol. The summed E-state index contributed by atoms with van der Waals surface area (Å²) < 4.78 is 0.985. The molecule has 21 heavy (non-hydrogen) atoms. The van der Waals surface area contributed by atoms with Crippen molar-refractivity contribution in [2.45, 2.75) is 12.3 Å². The molecule has 0 spiro atoms. The fraction of sp³-hybridized carbons (Fsp3) is 0.125. The van der Waals surface area contributed by atoms with E-state index in [4.69, 9.17) is 5.73 Å². The van der Waals surface area contributed by atoms with Crippen molar-refractivity contribution in [2.24, 2.45) is 0 Å². The number of amides is 1. The highest BCUT2D eigenvalue weighted by Crippen LogP contribution is 2.36. The number of nitrogen functional groups attached to an aromatic ring is 1. The molecule has 3 aromatic rings. The number of rotatable bonds is 2. The third-order valence-electron chi connectivity index (χ3n) is 3.81. The molecule has 0 saturated carbocycles. The normalized spacial score (nSPS) is 16.3. The summed E-state index contributed by atoms with van der Waals surface area (Å²) in [6.07, 6.45) is 0.805. The van der Waals surface area contributed by atoms with E-state index in [0.717, 1.165) is 22.2 Å². The molecule has 1 aliphatic rings. The topological polar surface area (TPSA) is 68.0 Å². The number of carbonyl (C=O) groups excluding carboxylic acids is 1. The Morgan fingerprint density at radius 3 is 3.00 bits per heavy atom. The molecule has 0 aliphatic heterocycles.